The molecule has 0 aromatic heterocycles. The predicted molar refractivity (Wildman–Crippen MR) is 82.1 cm³/mol. The van der Waals surface area contributed by atoms with Gasteiger partial charge in [-0.15, -0.1) is 0 Å². The van der Waals surface area contributed by atoms with Gasteiger partial charge in [-0.3, -0.25) is 4.79 Å². The van der Waals surface area contributed by atoms with E-state index in [-0.39, 0.29) is 23.8 Å². The molecule has 4 heteroatoms. The van der Waals surface area contributed by atoms with Crippen LogP contribution in [0.5, 0.6) is 0 Å². The van der Waals surface area contributed by atoms with Crippen molar-refractivity contribution < 1.29 is 4.79 Å². The zero-order chi connectivity index (χ0) is 14.6. The zero-order valence-electron chi connectivity index (χ0n) is 11.8. The molecule has 19 heavy (non-hydrogen) atoms. The van der Waals surface area contributed by atoms with E-state index in [9.17, 15) is 4.79 Å². The molecule has 1 aromatic carbocycles. The van der Waals surface area contributed by atoms with Crippen molar-refractivity contribution in [2.24, 2.45) is 5.92 Å². The van der Waals surface area contributed by atoms with E-state index in [4.69, 9.17) is 23.2 Å². The minimum absolute atomic E-state index is 0.0130. The first-order valence-electron chi connectivity index (χ1n) is 6.55. The fourth-order valence-corrected chi connectivity index (χ4v) is 2.27. The Kier molecular flexibility index (Phi) is 6.31. The number of carbonyl (C=O) groups excluding carboxylic acids is 1. The van der Waals surface area contributed by atoms with Crippen LogP contribution < -0.4 is 5.32 Å². The number of carbonyl (C=O) groups is 1. The SMILES string of the molecule is CC(C)NC(Cc1ccc(Cl)c(Cl)c1)C(=O)C(C)C. The Morgan fingerprint density at radius 2 is 1.79 bits per heavy atom. The molecule has 1 unspecified atom stereocenters. The first kappa shape index (κ1) is 16.5. The Hall–Kier alpha value is -0.570. The third kappa shape index (κ3) is 5.13. The van der Waals surface area contributed by atoms with E-state index >= 15 is 0 Å². The maximum absolute atomic E-state index is 12.2. The number of nitrogens with one attached hydrogen (secondary N) is 1. The molecular weight excluding hydrogens is 281 g/mol. The molecule has 0 bridgehead atoms. The number of hydrogen-bond donors (Lipinski definition) is 1. The van der Waals surface area contributed by atoms with E-state index in [1.165, 1.54) is 0 Å². The third-order valence-electron chi connectivity index (χ3n) is 2.87. The normalized spacial score (nSPS) is 13.1. The van der Waals surface area contributed by atoms with Gasteiger partial charge >= 0.3 is 0 Å². The monoisotopic (exact) mass is 301 g/mol. The van der Waals surface area contributed by atoms with Crippen molar-refractivity contribution in [3.05, 3.63) is 33.8 Å². The largest absolute Gasteiger partial charge is 0.305 e. The van der Waals surface area contributed by atoms with Crippen LogP contribution in [-0.2, 0) is 11.2 Å². The molecule has 0 aliphatic heterocycles. The number of ketones is 1. The van der Waals surface area contributed by atoms with Gasteiger partial charge in [-0.05, 0) is 24.1 Å². The van der Waals surface area contributed by atoms with Crippen LogP contribution in [0.4, 0.5) is 0 Å². The van der Waals surface area contributed by atoms with E-state index in [2.05, 4.69) is 5.32 Å². The summed E-state index contributed by atoms with van der Waals surface area (Å²) >= 11 is 11.9. The highest BCUT2D eigenvalue weighted by Gasteiger charge is 2.22. The number of rotatable bonds is 6. The van der Waals surface area contributed by atoms with Gasteiger partial charge in [0.15, 0.2) is 5.78 Å². The van der Waals surface area contributed by atoms with Gasteiger partial charge in [0, 0.05) is 12.0 Å². The molecule has 0 aliphatic carbocycles. The van der Waals surface area contributed by atoms with Crippen LogP contribution in [0.2, 0.25) is 10.0 Å². The Morgan fingerprint density at radius 3 is 2.26 bits per heavy atom. The van der Waals surface area contributed by atoms with Crippen LogP contribution in [0, 0.1) is 5.92 Å². The zero-order valence-corrected chi connectivity index (χ0v) is 13.3. The second-order valence-corrected chi connectivity index (χ2v) is 6.20. The lowest BCUT2D eigenvalue weighted by Gasteiger charge is -2.22. The minimum atomic E-state index is -0.183. The van der Waals surface area contributed by atoms with Crippen molar-refractivity contribution in [2.75, 3.05) is 0 Å². The van der Waals surface area contributed by atoms with Gasteiger partial charge in [-0.2, -0.15) is 0 Å². The van der Waals surface area contributed by atoms with Crippen LogP contribution >= 0.6 is 23.2 Å². The highest BCUT2D eigenvalue weighted by molar-refractivity contribution is 6.42. The molecule has 0 amide bonds. The van der Waals surface area contributed by atoms with E-state index in [0.717, 1.165) is 5.56 Å². The molecule has 0 saturated heterocycles. The van der Waals surface area contributed by atoms with E-state index < -0.39 is 0 Å². The summed E-state index contributed by atoms with van der Waals surface area (Å²) in [7, 11) is 0. The highest BCUT2D eigenvalue weighted by Crippen LogP contribution is 2.23. The first-order chi connectivity index (χ1) is 8.81. The second-order valence-electron chi connectivity index (χ2n) is 5.38. The molecule has 0 saturated carbocycles. The summed E-state index contributed by atoms with van der Waals surface area (Å²) in [6, 6.07) is 5.59. The quantitative estimate of drug-likeness (QED) is 0.856. The van der Waals surface area contributed by atoms with Gasteiger partial charge < -0.3 is 5.32 Å². The summed E-state index contributed by atoms with van der Waals surface area (Å²) in [6.45, 7) is 7.92. The Bertz CT molecular complexity index is 444. The molecule has 2 nitrogen and oxygen atoms in total. The van der Waals surface area contributed by atoms with E-state index in [1.807, 2.05) is 39.8 Å². The van der Waals surface area contributed by atoms with Gasteiger partial charge in [-0.25, -0.2) is 0 Å². The summed E-state index contributed by atoms with van der Waals surface area (Å²) in [5.74, 6) is 0.235. The minimum Gasteiger partial charge on any atom is -0.305 e. The molecule has 1 atom stereocenters. The fraction of sp³-hybridized carbons (Fsp3) is 0.533. The van der Waals surface area contributed by atoms with E-state index in [1.54, 1.807) is 6.07 Å². The van der Waals surface area contributed by atoms with Crippen LogP contribution in [0.1, 0.15) is 33.3 Å². The lowest BCUT2D eigenvalue weighted by atomic mass is 9.95. The number of halogens is 2. The van der Waals surface area contributed by atoms with Crippen molar-refractivity contribution in [1.82, 2.24) is 5.32 Å². The lowest BCUT2D eigenvalue weighted by Crippen LogP contribution is -2.44. The molecule has 0 heterocycles. The predicted octanol–water partition coefficient (Wildman–Crippen LogP) is 4.13. The maximum atomic E-state index is 12.2. The smallest absolute Gasteiger partial charge is 0.152 e. The van der Waals surface area contributed by atoms with Gasteiger partial charge in [0.25, 0.3) is 0 Å². The van der Waals surface area contributed by atoms with Crippen molar-refractivity contribution in [1.29, 1.82) is 0 Å². The molecule has 1 N–H and O–H groups in total. The summed E-state index contributed by atoms with van der Waals surface area (Å²) in [4.78, 5) is 12.2. The van der Waals surface area contributed by atoms with Crippen molar-refractivity contribution in [3.8, 4) is 0 Å². The molecular formula is C15H21Cl2NO. The Balaban J connectivity index is 2.87. The molecule has 106 valence electrons. The summed E-state index contributed by atoms with van der Waals surface area (Å²) in [5, 5.41) is 4.38. The van der Waals surface area contributed by atoms with Crippen molar-refractivity contribution in [3.63, 3.8) is 0 Å². The van der Waals surface area contributed by atoms with Crippen LogP contribution in [0.25, 0.3) is 0 Å². The van der Waals surface area contributed by atoms with E-state index in [0.29, 0.717) is 16.5 Å². The number of Topliss-reactive ketones (excluding diaryl/α,β-unsaturated/α-hetero) is 1. The molecule has 0 fully saturated rings. The highest BCUT2D eigenvalue weighted by atomic mass is 35.5. The topological polar surface area (TPSA) is 29.1 Å². The van der Waals surface area contributed by atoms with Gasteiger partial charge in [0.1, 0.15) is 0 Å². The van der Waals surface area contributed by atoms with Crippen molar-refractivity contribution in [2.45, 2.75) is 46.2 Å². The molecule has 0 spiro atoms. The first-order valence-corrected chi connectivity index (χ1v) is 7.30. The maximum Gasteiger partial charge on any atom is 0.152 e. The number of benzene rings is 1. The van der Waals surface area contributed by atoms with Gasteiger partial charge in [0.05, 0.1) is 16.1 Å². The molecule has 0 aliphatic rings. The van der Waals surface area contributed by atoms with Crippen LogP contribution in [0.3, 0.4) is 0 Å². The van der Waals surface area contributed by atoms with Crippen LogP contribution in [0.15, 0.2) is 18.2 Å². The summed E-state index contributed by atoms with van der Waals surface area (Å²) in [6.07, 6.45) is 0.631. The Labute approximate surface area is 125 Å². The standard InChI is InChI=1S/C15H21Cl2NO/c1-9(2)15(19)14(18-10(3)4)8-11-5-6-12(16)13(17)7-11/h5-7,9-10,14,18H,8H2,1-4H3. The number of hydrogen-bond acceptors (Lipinski definition) is 2. The average molecular weight is 302 g/mol. The Morgan fingerprint density at radius 1 is 1.16 bits per heavy atom. The van der Waals surface area contributed by atoms with Gasteiger partial charge in [-0.1, -0.05) is 57.0 Å². The second kappa shape index (κ2) is 7.28. The third-order valence-corrected chi connectivity index (χ3v) is 3.61. The molecule has 1 rings (SSSR count). The van der Waals surface area contributed by atoms with Crippen molar-refractivity contribution >= 4 is 29.0 Å². The summed E-state index contributed by atoms with van der Waals surface area (Å²) < 4.78 is 0. The van der Waals surface area contributed by atoms with Crippen LogP contribution in [-0.4, -0.2) is 17.9 Å². The fourth-order valence-electron chi connectivity index (χ4n) is 1.95. The summed E-state index contributed by atoms with van der Waals surface area (Å²) in [5.41, 5.74) is 1.02. The van der Waals surface area contributed by atoms with Gasteiger partial charge in [0.2, 0.25) is 0 Å². The average Bonchev–Trinajstić information content (AvgIpc) is 2.31. The molecule has 0 radical (unpaired) electrons. The molecule has 1 aromatic rings. The lowest BCUT2D eigenvalue weighted by molar-refractivity contribution is -0.124.